The van der Waals surface area contributed by atoms with Crippen molar-refractivity contribution in [2.75, 3.05) is 3.28 Å². The van der Waals surface area contributed by atoms with Gasteiger partial charge in [-0.2, -0.15) is 0 Å². The molecule has 2 N–H and O–H groups in total. The Morgan fingerprint density at radius 1 is 1.46 bits per heavy atom. The van der Waals surface area contributed by atoms with Crippen molar-refractivity contribution in [3.63, 3.8) is 0 Å². The molecule has 0 aromatic heterocycles. The van der Waals surface area contributed by atoms with Gasteiger partial charge in [0.05, 0.1) is 0 Å². The standard InChI is InChI=1S/C8H10IN2O2/c1-7(12)13-11(9-10)8-5-3-2-4-6-8/h2-6H,10H2,1H3/q-1. The Balaban J connectivity index is 2.73. The molecular formula is C8H10IN2O2-. The van der Waals surface area contributed by atoms with Gasteiger partial charge in [-0.1, -0.05) is 0 Å². The van der Waals surface area contributed by atoms with Crippen LogP contribution in [0, 0.1) is 0 Å². The van der Waals surface area contributed by atoms with E-state index in [1.807, 2.05) is 30.3 Å². The van der Waals surface area contributed by atoms with E-state index < -0.39 is 21.8 Å². The summed E-state index contributed by atoms with van der Waals surface area (Å²) in [5.74, 6) is -0.353. The molecule has 0 saturated carbocycles. The molecule has 72 valence electrons. The summed E-state index contributed by atoms with van der Waals surface area (Å²) in [5.41, 5.74) is 0.813. The fraction of sp³-hybridized carbons (Fsp3) is 0.125. The third kappa shape index (κ3) is 3.19. The molecule has 4 nitrogen and oxygen atoms in total. The number of carbonyl (C=O) groups is 1. The second-order valence-corrected chi connectivity index (χ2v) is 3.69. The van der Waals surface area contributed by atoms with Crippen molar-refractivity contribution in [2.45, 2.75) is 6.92 Å². The van der Waals surface area contributed by atoms with Gasteiger partial charge >= 0.3 is 87.5 Å². The molecule has 0 atom stereocenters. The van der Waals surface area contributed by atoms with Crippen LogP contribution in [-0.4, -0.2) is 5.97 Å². The average Bonchev–Trinajstić information content (AvgIpc) is 2.15. The van der Waals surface area contributed by atoms with E-state index >= 15 is 0 Å². The molecule has 13 heavy (non-hydrogen) atoms. The Bertz CT molecular complexity index is 279. The van der Waals surface area contributed by atoms with Gasteiger partial charge in [-0.3, -0.25) is 0 Å². The van der Waals surface area contributed by atoms with Crippen LogP contribution in [0.5, 0.6) is 0 Å². The molecule has 0 spiro atoms. The molecule has 1 aromatic carbocycles. The Kier molecular flexibility index (Phi) is 3.97. The van der Waals surface area contributed by atoms with Crippen LogP contribution in [0.3, 0.4) is 0 Å². The Morgan fingerprint density at radius 3 is 2.54 bits per heavy atom. The monoisotopic (exact) mass is 293 g/mol. The summed E-state index contributed by atoms with van der Waals surface area (Å²) < 4.78 is 6.96. The molecule has 0 fully saturated rings. The average molecular weight is 293 g/mol. The Hall–Kier alpha value is -0.820. The zero-order valence-electron chi connectivity index (χ0n) is 7.11. The zero-order valence-corrected chi connectivity index (χ0v) is 9.26. The molecule has 0 aliphatic heterocycles. The molecule has 0 bridgehead atoms. The van der Waals surface area contributed by atoms with Gasteiger partial charge < -0.3 is 0 Å². The van der Waals surface area contributed by atoms with E-state index in [-0.39, 0.29) is 5.97 Å². The normalized spacial score (nSPS) is 9.69. The maximum atomic E-state index is 10.7. The SMILES string of the molecule is CC(=O)ON([I-]N)c1ccccc1. The third-order valence-electron chi connectivity index (χ3n) is 1.26. The van der Waals surface area contributed by atoms with Crippen LogP contribution in [-0.2, 0) is 9.63 Å². The molecule has 0 heterocycles. The minimum absolute atomic E-state index is 0.353. The number of benzene rings is 1. The summed E-state index contributed by atoms with van der Waals surface area (Å²) in [7, 11) is 0. The van der Waals surface area contributed by atoms with Crippen LogP contribution in [0.4, 0.5) is 5.69 Å². The summed E-state index contributed by atoms with van der Waals surface area (Å²) in [6, 6.07) is 9.31. The fourth-order valence-corrected chi connectivity index (χ4v) is 1.82. The van der Waals surface area contributed by atoms with Gasteiger partial charge in [0.2, 0.25) is 0 Å². The first-order valence-electron chi connectivity index (χ1n) is 3.61. The van der Waals surface area contributed by atoms with Gasteiger partial charge in [0.15, 0.2) is 0 Å². The number of carbonyl (C=O) groups excluding carboxylic acids is 1. The van der Waals surface area contributed by atoms with E-state index in [4.69, 9.17) is 8.78 Å². The summed E-state index contributed by atoms with van der Waals surface area (Å²) in [5, 5.41) is 0. The van der Waals surface area contributed by atoms with Crippen molar-refractivity contribution in [2.24, 2.45) is 3.95 Å². The molecule has 0 saturated heterocycles. The topological polar surface area (TPSA) is 55.6 Å². The molecule has 1 rings (SSSR count). The van der Waals surface area contributed by atoms with Gasteiger partial charge in [-0.25, -0.2) is 0 Å². The van der Waals surface area contributed by atoms with E-state index in [0.717, 1.165) is 5.69 Å². The first-order valence-corrected chi connectivity index (χ1v) is 5.82. The van der Waals surface area contributed by atoms with Crippen molar-refractivity contribution in [3.8, 4) is 0 Å². The predicted molar refractivity (Wildman–Crippen MR) is 44.9 cm³/mol. The van der Waals surface area contributed by atoms with E-state index in [1.165, 1.54) is 10.2 Å². The second kappa shape index (κ2) is 5.03. The van der Waals surface area contributed by atoms with Crippen molar-refractivity contribution in [1.82, 2.24) is 0 Å². The van der Waals surface area contributed by atoms with Gasteiger partial charge in [0, 0.05) is 0 Å². The Morgan fingerprint density at radius 2 is 2.08 bits per heavy atom. The number of rotatable bonds is 3. The number of halogens is 1. The molecule has 0 aliphatic rings. The van der Waals surface area contributed by atoms with Crippen LogP contribution in [0.1, 0.15) is 6.92 Å². The summed E-state index contributed by atoms with van der Waals surface area (Å²) >= 11 is -0.780. The van der Waals surface area contributed by atoms with E-state index in [1.54, 1.807) is 0 Å². The minimum atomic E-state index is -0.780. The number of hydrogen-bond donors (Lipinski definition) is 1. The van der Waals surface area contributed by atoms with Gasteiger partial charge in [0.1, 0.15) is 0 Å². The number of nitrogens with two attached hydrogens (primary N) is 1. The van der Waals surface area contributed by atoms with Crippen LogP contribution in [0.2, 0.25) is 0 Å². The van der Waals surface area contributed by atoms with Crippen molar-refractivity contribution in [1.29, 1.82) is 0 Å². The summed E-state index contributed by atoms with van der Waals surface area (Å²) in [6.07, 6.45) is 0. The number of hydrogen-bond acceptors (Lipinski definition) is 4. The quantitative estimate of drug-likeness (QED) is 0.392. The Labute approximate surface area is 87.6 Å². The van der Waals surface area contributed by atoms with E-state index in [0.29, 0.717) is 0 Å². The summed E-state index contributed by atoms with van der Waals surface area (Å²) in [6.45, 7) is 1.36. The van der Waals surface area contributed by atoms with Crippen LogP contribution >= 0.6 is 0 Å². The molecule has 0 aliphatic carbocycles. The predicted octanol–water partition coefficient (Wildman–Crippen LogP) is -2.15. The van der Waals surface area contributed by atoms with Crippen molar-refractivity contribution >= 4 is 11.7 Å². The molecular weight excluding hydrogens is 283 g/mol. The maximum absolute atomic E-state index is 10.7. The molecule has 0 amide bonds. The third-order valence-corrected chi connectivity index (χ3v) is 2.52. The second-order valence-electron chi connectivity index (χ2n) is 2.26. The number of para-hydroxylation sites is 1. The molecule has 1 aromatic rings. The number of nitrogens with zero attached hydrogens (tertiary/aromatic N) is 1. The van der Waals surface area contributed by atoms with Crippen LogP contribution < -0.4 is 29.0 Å². The first-order chi connectivity index (χ1) is 6.24. The summed E-state index contributed by atoms with van der Waals surface area (Å²) in [4.78, 5) is 15.6. The van der Waals surface area contributed by atoms with E-state index in [2.05, 4.69) is 0 Å². The van der Waals surface area contributed by atoms with Gasteiger partial charge in [-0.15, -0.1) is 0 Å². The number of anilines is 1. The van der Waals surface area contributed by atoms with Gasteiger partial charge in [0.25, 0.3) is 0 Å². The van der Waals surface area contributed by atoms with Crippen LogP contribution in [0.15, 0.2) is 30.3 Å². The van der Waals surface area contributed by atoms with Gasteiger partial charge in [-0.05, 0) is 0 Å². The van der Waals surface area contributed by atoms with Crippen molar-refractivity contribution < 1.29 is 31.4 Å². The van der Waals surface area contributed by atoms with E-state index in [9.17, 15) is 4.79 Å². The van der Waals surface area contributed by atoms with Crippen LogP contribution in [0.25, 0.3) is 0 Å². The molecule has 0 unspecified atom stereocenters. The first kappa shape index (κ1) is 10.3. The van der Waals surface area contributed by atoms with Crippen molar-refractivity contribution in [3.05, 3.63) is 30.3 Å². The molecule has 5 heteroatoms. The molecule has 0 radical (unpaired) electrons. The zero-order chi connectivity index (χ0) is 9.68. The fourth-order valence-electron chi connectivity index (χ4n) is 0.787.